The number of pyridine rings is 1. The quantitative estimate of drug-likeness (QED) is 0.653. The summed E-state index contributed by atoms with van der Waals surface area (Å²) < 4.78 is 5.70. The van der Waals surface area contributed by atoms with E-state index in [-0.39, 0.29) is 11.8 Å². The molecule has 0 atom stereocenters. The second-order valence-electron chi connectivity index (χ2n) is 5.76. The average molecular weight is 365 g/mol. The summed E-state index contributed by atoms with van der Waals surface area (Å²) in [5, 5.41) is 0.322. The van der Waals surface area contributed by atoms with Gasteiger partial charge in [-0.25, -0.2) is 4.90 Å². The number of benzene rings is 2. The highest BCUT2D eigenvalue weighted by Crippen LogP contribution is 2.34. The summed E-state index contributed by atoms with van der Waals surface area (Å²) in [4.78, 5) is 30.2. The molecule has 2 amide bonds. The summed E-state index contributed by atoms with van der Waals surface area (Å²) in [6, 6.07) is 15.3. The van der Waals surface area contributed by atoms with Crippen LogP contribution < -0.4 is 9.64 Å². The highest BCUT2D eigenvalue weighted by Gasteiger charge is 2.36. The van der Waals surface area contributed by atoms with Crippen LogP contribution in [0.25, 0.3) is 0 Å². The van der Waals surface area contributed by atoms with Crippen molar-refractivity contribution < 1.29 is 14.3 Å². The minimum absolute atomic E-state index is 0.319. The van der Waals surface area contributed by atoms with Crippen molar-refractivity contribution in [3.05, 3.63) is 88.7 Å². The lowest BCUT2D eigenvalue weighted by Gasteiger charge is -2.16. The Morgan fingerprint density at radius 1 is 0.962 bits per heavy atom. The van der Waals surface area contributed by atoms with E-state index in [0.29, 0.717) is 34.2 Å². The molecule has 0 unspecified atom stereocenters. The molecule has 0 saturated carbocycles. The van der Waals surface area contributed by atoms with E-state index in [9.17, 15) is 9.59 Å². The van der Waals surface area contributed by atoms with Crippen molar-refractivity contribution in [1.82, 2.24) is 4.98 Å². The van der Waals surface area contributed by atoms with Crippen LogP contribution in [0.2, 0.25) is 5.02 Å². The molecule has 0 N–H and O–H groups in total. The third-order valence-corrected chi connectivity index (χ3v) is 4.38. The van der Waals surface area contributed by atoms with Gasteiger partial charge in [0.25, 0.3) is 11.8 Å². The summed E-state index contributed by atoms with van der Waals surface area (Å²) in [7, 11) is 0. The lowest BCUT2D eigenvalue weighted by Crippen LogP contribution is -2.29. The summed E-state index contributed by atoms with van der Waals surface area (Å²) in [6.45, 7) is 0.319. The summed E-state index contributed by atoms with van der Waals surface area (Å²) in [5.41, 5.74) is 2.11. The van der Waals surface area contributed by atoms with Crippen LogP contribution in [0.3, 0.4) is 0 Å². The van der Waals surface area contributed by atoms with E-state index in [1.165, 1.54) is 0 Å². The molecule has 5 nitrogen and oxygen atoms in total. The van der Waals surface area contributed by atoms with Gasteiger partial charge < -0.3 is 4.74 Å². The number of anilines is 1. The number of aromatic nitrogens is 1. The van der Waals surface area contributed by atoms with Crippen LogP contribution >= 0.6 is 11.6 Å². The number of carbonyl (C=O) groups excluding carboxylic acids is 2. The molecule has 0 radical (unpaired) electrons. The second kappa shape index (κ2) is 6.61. The van der Waals surface area contributed by atoms with Crippen molar-refractivity contribution in [2.75, 3.05) is 4.90 Å². The van der Waals surface area contributed by atoms with Gasteiger partial charge in [0.15, 0.2) is 0 Å². The van der Waals surface area contributed by atoms with Crippen LogP contribution in [0, 0.1) is 0 Å². The monoisotopic (exact) mass is 364 g/mol. The number of carbonyl (C=O) groups is 2. The van der Waals surface area contributed by atoms with Gasteiger partial charge in [-0.15, -0.1) is 0 Å². The van der Waals surface area contributed by atoms with Crippen LogP contribution in [0.5, 0.6) is 5.75 Å². The molecule has 2 aromatic carbocycles. The van der Waals surface area contributed by atoms with Gasteiger partial charge in [0.1, 0.15) is 12.4 Å². The van der Waals surface area contributed by atoms with Gasteiger partial charge in [-0.3, -0.25) is 14.6 Å². The number of fused-ring (bicyclic) bond motifs is 1. The van der Waals surface area contributed by atoms with Crippen LogP contribution in [0.15, 0.2) is 67.0 Å². The minimum atomic E-state index is -0.356. The van der Waals surface area contributed by atoms with E-state index in [4.69, 9.17) is 16.3 Å². The van der Waals surface area contributed by atoms with Crippen molar-refractivity contribution >= 4 is 29.1 Å². The largest absolute Gasteiger partial charge is 0.487 e. The third kappa shape index (κ3) is 2.82. The number of amides is 2. The molecular weight excluding hydrogens is 352 g/mol. The van der Waals surface area contributed by atoms with Gasteiger partial charge in [0.2, 0.25) is 0 Å². The number of halogens is 1. The molecular formula is C20H13ClN2O3. The topological polar surface area (TPSA) is 59.5 Å². The maximum Gasteiger partial charge on any atom is 0.266 e. The summed E-state index contributed by atoms with van der Waals surface area (Å²) >= 11 is 6.29. The van der Waals surface area contributed by atoms with Crippen molar-refractivity contribution in [3.8, 4) is 5.75 Å². The molecule has 1 aliphatic rings. The Balaban J connectivity index is 1.57. The Labute approximate surface area is 154 Å². The van der Waals surface area contributed by atoms with Crippen LogP contribution in [0.1, 0.15) is 26.3 Å². The third-order valence-electron chi connectivity index (χ3n) is 4.08. The average Bonchev–Trinajstić information content (AvgIpc) is 2.93. The number of hydrogen-bond donors (Lipinski definition) is 0. The van der Waals surface area contributed by atoms with Gasteiger partial charge >= 0.3 is 0 Å². The van der Waals surface area contributed by atoms with E-state index in [1.807, 2.05) is 12.1 Å². The Bertz CT molecular complexity index is 970. The molecule has 0 spiro atoms. The van der Waals surface area contributed by atoms with Crippen LogP contribution in [0.4, 0.5) is 5.69 Å². The van der Waals surface area contributed by atoms with Gasteiger partial charge in [0.05, 0.1) is 21.8 Å². The summed E-state index contributed by atoms with van der Waals surface area (Å²) in [5.74, 6) is -0.243. The van der Waals surface area contributed by atoms with E-state index in [0.717, 1.165) is 10.5 Å². The maximum atomic E-state index is 12.5. The number of ether oxygens (including phenoxy) is 1. The molecule has 1 aliphatic heterocycles. The van der Waals surface area contributed by atoms with E-state index < -0.39 is 0 Å². The first-order valence-electron chi connectivity index (χ1n) is 7.94. The van der Waals surface area contributed by atoms with Crippen molar-refractivity contribution in [2.45, 2.75) is 6.61 Å². The molecule has 0 aliphatic carbocycles. The van der Waals surface area contributed by atoms with E-state index in [2.05, 4.69) is 4.98 Å². The van der Waals surface area contributed by atoms with Crippen molar-refractivity contribution in [1.29, 1.82) is 0 Å². The number of rotatable bonds is 4. The lowest BCUT2D eigenvalue weighted by molar-refractivity contribution is 0.0926. The van der Waals surface area contributed by atoms with Gasteiger partial charge in [0, 0.05) is 18.0 Å². The molecule has 0 bridgehead atoms. The number of hydrogen-bond acceptors (Lipinski definition) is 4. The molecule has 0 saturated heterocycles. The van der Waals surface area contributed by atoms with Gasteiger partial charge in [-0.05, 0) is 36.4 Å². The van der Waals surface area contributed by atoms with Crippen LogP contribution in [-0.4, -0.2) is 16.8 Å². The maximum absolute atomic E-state index is 12.5. The Morgan fingerprint density at radius 3 is 2.31 bits per heavy atom. The van der Waals surface area contributed by atoms with E-state index in [1.54, 1.807) is 54.9 Å². The molecule has 128 valence electrons. The second-order valence-corrected chi connectivity index (χ2v) is 6.16. The first-order valence-corrected chi connectivity index (χ1v) is 8.32. The fraction of sp³-hybridized carbons (Fsp3) is 0.0500. The SMILES string of the molecule is O=C1c2ccccc2C(=O)N1c1ccc(OCc2cccnc2)c(Cl)c1. The fourth-order valence-electron chi connectivity index (χ4n) is 2.81. The zero-order valence-corrected chi connectivity index (χ0v) is 14.3. The fourth-order valence-corrected chi connectivity index (χ4v) is 3.04. The smallest absolute Gasteiger partial charge is 0.266 e. The zero-order chi connectivity index (χ0) is 18.1. The van der Waals surface area contributed by atoms with Crippen molar-refractivity contribution in [2.24, 2.45) is 0 Å². The molecule has 0 fully saturated rings. The highest BCUT2D eigenvalue weighted by molar-refractivity contribution is 6.36. The van der Waals surface area contributed by atoms with Crippen LogP contribution in [-0.2, 0) is 6.61 Å². The number of nitrogens with zero attached hydrogens (tertiary/aromatic N) is 2. The molecule has 26 heavy (non-hydrogen) atoms. The first kappa shape index (κ1) is 16.3. The first-order chi connectivity index (χ1) is 12.6. The Kier molecular flexibility index (Phi) is 4.14. The normalized spacial score (nSPS) is 13.0. The minimum Gasteiger partial charge on any atom is -0.487 e. The van der Waals surface area contributed by atoms with E-state index >= 15 is 0 Å². The predicted molar refractivity (Wildman–Crippen MR) is 97.6 cm³/mol. The molecule has 2 heterocycles. The zero-order valence-electron chi connectivity index (χ0n) is 13.6. The molecule has 3 aromatic rings. The summed E-state index contributed by atoms with van der Waals surface area (Å²) in [6.07, 6.45) is 3.40. The van der Waals surface area contributed by atoms with Gasteiger partial charge in [-0.1, -0.05) is 29.8 Å². The standard InChI is InChI=1S/C20H13ClN2O3/c21-17-10-14(7-8-18(17)26-12-13-4-3-9-22-11-13)23-19(24)15-5-1-2-6-16(15)20(23)25/h1-11H,12H2. The Hall–Kier alpha value is -3.18. The lowest BCUT2D eigenvalue weighted by atomic mass is 10.1. The van der Waals surface area contributed by atoms with Gasteiger partial charge in [-0.2, -0.15) is 0 Å². The number of imide groups is 1. The highest BCUT2D eigenvalue weighted by atomic mass is 35.5. The molecule has 6 heteroatoms. The van der Waals surface area contributed by atoms with Crippen molar-refractivity contribution in [3.63, 3.8) is 0 Å². The Morgan fingerprint density at radius 2 is 1.69 bits per heavy atom. The predicted octanol–water partition coefficient (Wildman–Crippen LogP) is 4.11. The molecule has 4 rings (SSSR count). The molecule has 1 aromatic heterocycles.